The van der Waals surface area contributed by atoms with E-state index in [0.717, 1.165) is 11.3 Å². The molecular formula is C16H18N2O2. The SMILES string of the molecule is CCc1nn(C)cc1C(=O)CC(=O)c1cccc(C)c1. The molecule has 0 radical (unpaired) electrons. The monoisotopic (exact) mass is 270 g/mol. The fourth-order valence-corrected chi connectivity index (χ4v) is 2.19. The maximum atomic E-state index is 12.2. The molecule has 2 aromatic rings. The Bertz CT molecular complexity index is 656. The van der Waals surface area contributed by atoms with E-state index in [1.807, 2.05) is 26.0 Å². The van der Waals surface area contributed by atoms with Crippen LogP contribution in [0.5, 0.6) is 0 Å². The third kappa shape index (κ3) is 3.02. The van der Waals surface area contributed by atoms with Crippen LogP contribution in [-0.2, 0) is 13.5 Å². The van der Waals surface area contributed by atoms with Gasteiger partial charge >= 0.3 is 0 Å². The maximum absolute atomic E-state index is 12.2. The maximum Gasteiger partial charge on any atom is 0.174 e. The van der Waals surface area contributed by atoms with Gasteiger partial charge in [0, 0.05) is 18.8 Å². The number of nitrogens with zero attached hydrogens (tertiary/aromatic N) is 2. The smallest absolute Gasteiger partial charge is 0.174 e. The number of carbonyl (C=O) groups is 2. The van der Waals surface area contributed by atoms with Crippen molar-refractivity contribution in [2.45, 2.75) is 26.7 Å². The molecule has 20 heavy (non-hydrogen) atoms. The number of hydrogen-bond donors (Lipinski definition) is 0. The summed E-state index contributed by atoms with van der Waals surface area (Å²) in [6, 6.07) is 7.30. The summed E-state index contributed by atoms with van der Waals surface area (Å²) in [4.78, 5) is 24.4. The molecule has 0 N–H and O–H groups in total. The number of aryl methyl sites for hydroxylation is 3. The van der Waals surface area contributed by atoms with E-state index in [4.69, 9.17) is 0 Å². The molecule has 0 aliphatic heterocycles. The minimum atomic E-state index is -0.165. The van der Waals surface area contributed by atoms with E-state index in [9.17, 15) is 9.59 Å². The van der Waals surface area contributed by atoms with Crippen LogP contribution >= 0.6 is 0 Å². The van der Waals surface area contributed by atoms with Crippen LogP contribution in [0.1, 0.15) is 45.3 Å². The normalized spacial score (nSPS) is 10.6. The predicted octanol–water partition coefficient (Wildman–Crippen LogP) is 2.75. The summed E-state index contributed by atoms with van der Waals surface area (Å²) in [6.07, 6.45) is 2.26. The lowest BCUT2D eigenvalue weighted by Crippen LogP contribution is -2.09. The lowest BCUT2D eigenvalue weighted by atomic mass is 10.0. The van der Waals surface area contributed by atoms with Gasteiger partial charge in [0.05, 0.1) is 17.7 Å². The molecule has 0 fully saturated rings. The van der Waals surface area contributed by atoms with Crippen molar-refractivity contribution in [2.75, 3.05) is 0 Å². The molecule has 1 aromatic heterocycles. The molecular weight excluding hydrogens is 252 g/mol. The Balaban J connectivity index is 2.17. The second kappa shape index (κ2) is 5.82. The standard InChI is InChI=1S/C16H18N2O2/c1-4-14-13(10-18(3)17-14)16(20)9-15(19)12-7-5-6-11(2)8-12/h5-8,10H,4,9H2,1-3H3. The average molecular weight is 270 g/mol. The Morgan fingerprint density at radius 1 is 1.25 bits per heavy atom. The summed E-state index contributed by atoms with van der Waals surface area (Å²) in [5, 5.41) is 4.23. The van der Waals surface area contributed by atoms with Gasteiger partial charge in [-0.15, -0.1) is 0 Å². The Labute approximate surface area is 118 Å². The van der Waals surface area contributed by atoms with E-state index in [1.54, 1.807) is 30.1 Å². The quantitative estimate of drug-likeness (QED) is 0.620. The second-order valence-electron chi connectivity index (χ2n) is 4.91. The highest BCUT2D eigenvalue weighted by Gasteiger charge is 2.18. The second-order valence-corrected chi connectivity index (χ2v) is 4.91. The van der Waals surface area contributed by atoms with Crippen LogP contribution in [0.15, 0.2) is 30.5 Å². The largest absolute Gasteiger partial charge is 0.294 e. The van der Waals surface area contributed by atoms with Crippen LogP contribution in [-0.4, -0.2) is 21.3 Å². The molecule has 104 valence electrons. The number of hydrogen-bond acceptors (Lipinski definition) is 3. The van der Waals surface area contributed by atoms with Crippen LogP contribution in [0, 0.1) is 6.92 Å². The van der Waals surface area contributed by atoms with Crippen molar-refractivity contribution in [3.05, 3.63) is 52.8 Å². The zero-order valence-electron chi connectivity index (χ0n) is 12.0. The number of carbonyl (C=O) groups excluding carboxylic acids is 2. The molecule has 0 bridgehead atoms. The first-order chi connectivity index (χ1) is 9.51. The molecule has 4 heteroatoms. The summed E-state index contributed by atoms with van der Waals surface area (Å²) in [5.74, 6) is -0.314. The Morgan fingerprint density at radius 3 is 2.65 bits per heavy atom. The molecule has 1 heterocycles. The molecule has 0 amide bonds. The number of Topliss-reactive ketones (excluding diaryl/α,β-unsaturated/α-hetero) is 2. The van der Waals surface area contributed by atoms with Gasteiger partial charge in [0.25, 0.3) is 0 Å². The van der Waals surface area contributed by atoms with Gasteiger partial charge in [0.1, 0.15) is 0 Å². The molecule has 2 rings (SSSR count). The Morgan fingerprint density at radius 2 is 2.00 bits per heavy atom. The summed E-state index contributed by atoms with van der Waals surface area (Å²) in [7, 11) is 1.78. The highest BCUT2D eigenvalue weighted by Crippen LogP contribution is 2.13. The van der Waals surface area contributed by atoms with Crippen molar-refractivity contribution in [2.24, 2.45) is 7.05 Å². The highest BCUT2D eigenvalue weighted by atomic mass is 16.1. The van der Waals surface area contributed by atoms with Crippen LogP contribution in [0.25, 0.3) is 0 Å². The summed E-state index contributed by atoms with van der Waals surface area (Å²) in [5.41, 5.74) is 2.89. The fourth-order valence-electron chi connectivity index (χ4n) is 2.19. The number of benzene rings is 1. The summed E-state index contributed by atoms with van der Waals surface area (Å²) >= 11 is 0. The molecule has 1 aromatic carbocycles. The molecule has 4 nitrogen and oxygen atoms in total. The topological polar surface area (TPSA) is 52.0 Å². The van der Waals surface area contributed by atoms with Crippen molar-refractivity contribution >= 4 is 11.6 Å². The lowest BCUT2D eigenvalue weighted by molar-refractivity contribution is 0.0893. The van der Waals surface area contributed by atoms with Crippen LogP contribution in [0.3, 0.4) is 0 Å². The first kappa shape index (κ1) is 14.2. The van der Waals surface area contributed by atoms with E-state index in [-0.39, 0.29) is 18.0 Å². The van der Waals surface area contributed by atoms with Crippen molar-refractivity contribution in [1.29, 1.82) is 0 Å². The molecule has 0 saturated carbocycles. The molecule has 0 aliphatic rings. The van der Waals surface area contributed by atoms with Gasteiger partial charge in [-0.2, -0.15) is 5.10 Å². The van der Waals surface area contributed by atoms with E-state index < -0.39 is 0 Å². The van der Waals surface area contributed by atoms with Crippen molar-refractivity contribution in [3.63, 3.8) is 0 Å². The highest BCUT2D eigenvalue weighted by molar-refractivity contribution is 6.13. The third-order valence-electron chi connectivity index (χ3n) is 3.20. The third-order valence-corrected chi connectivity index (χ3v) is 3.20. The average Bonchev–Trinajstić information content (AvgIpc) is 2.80. The van der Waals surface area contributed by atoms with Gasteiger partial charge in [-0.25, -0.2) is 0 Å². The minimum Gasteiger partial charge on any atom is -0.294 e. The van der Waals surface area contributed by atoms with Crippen molar-refractivity contribution in [1.82, 2.24) is 9.78 Å². The minimum absolute atomic E-state index is 0.109. The van der Waals surface area contributed by atoms with Gasteiger partial charge in [-0.1, -0.05) is 30.7 Å². The van der Waals surface area contributed by atoms with Crippen LogP contribution in [0.2, 0.25) is 0 Å². The molecule has 0 saturated heterocycles. The van der Waals surface area contributed by atoms with Gasteiger partial charge in [-0.05, 0) is 19.4 Å². The van der Waals surface area contributed by atoms with Gasteiger partial charge in [0.15, 0.2) is 11.6 Å². The first-order valence-corrected chi connectivity index (χ1v) is 6.67. The molecule has 0 atom stereocenters. The van der Waals surface area contributed by atoms with Gasteiger partial charge < -0.3 is 0 Å². The van der Waals surface area contributed by atoms with Crippen molar-refractivity contribution < 1.29 is 9.59 Å². The van der Waals surface area contributed by atoms with Crippen molar-refractivity contribution in [3.8, 4) is 0 Å². The van der Waals surface area contributed by atoms with E-state index >= 15 is 0 Å². The first-order valence-electron chi connectivity index (χ1n) is 6.67. The fraction of sp³-hybridized carbons (Fsp3) is 0.312. The summed E-state index contributed by atoms with van der Waals surface area (Å²) < 4.78 is 1.61. The van der Waals surface area contributed by atoms with Crippen LogP contribution in [0.4, 0.5) is 0 Å². The van der Waals surface area contributed by atoms with E-state index in [0.29, 0.717) is 17.5 Å². The number of rotatable bonds is 5. The molecule has 0 unspecified atom stereocenters. The van der Waals surface area contributed by atoms with Gasteiger partial charge in [-0.3, -0.25) is 14.3 Å². The summed E-state index contributed by atoms with van der Waals surface area (Å²) in [6.45, 7) is 3.87. The van der Waals surface area contributed by atoms with Gasteiger partial charge in [0.2, 0.25) is 0 Å². The van der Waals surface area contributed by atoms with E-state index in [1.165, 1.54) is 0 Å². The number of aromatic nitrogens is 2. The van der Waals surface area contributed by atoms with Crippen LogP contribution < -0.4 is 0 Å². The Kier molecular flexibility index (Phi) is 4.13. The Hall–Kier alpha value is -2.23. The predicted molar refractivity (Wildman–Crippen MR) is 77.0 cm³/mol. The number of ketones is 2. The lowest BCUT2D eigenvalue weighted by Gasteiger charge is -2.02. The molecule has 0 spiro atoms. The van der Waals surface area contributed by atoms with E-state index in [2.05, 4.69) is 5.10 Å². The zero-order valence-corrected chi connectivity index (χ0v) is 12.0. The molecule has 0 aliphatic carbocycles. The zero-order chi connectivity index (χ0) is 14.7.